The van der Waals surface area contributed by atoms with Gasteiger partial charge in [0.05, 0.1) is 12.5 Å². The van der Waals surface area contributed by atoms with E-state index in [0.29, 0.717) is 6.42 Å². The molecule has 7 atom stereocenters. The van der Waals surface area contributed by atoms with Gasteiger partial charge >= 0.3 is 11.9 Å². The molecule has 4 aliphatic rings. The molecule has 1 aliphatic heterocycles. The van der Waals surface area contributed by atoms with E-state index < -0.39 is 28.5 Å². The van der Waals surface area contributed by atoms with E-state index in [1.807, 2.05) is 19.9 Å². The Morgan fingerprint density at radius 1 is 1.12 bits per heavy atom. The van der Waals surface area contributed by atoms with Crippen LogP contribution in [-0.4, -0.2) is 23.8 Å². The van der Waals surface area contributed by atoms with E-state index in [1.54, 1.807) is 24.7 Å². The second-order valence-electron chi connectivity index (χ2n) is 11.9. The third kappa shape index (κ3) is 2.89. The number of rotatable bonds is 2. The number of esters is 2. The summed E-state index contributed by atoms with van der Waals surface area (Å²) in [5.74, 6) is -0.515. The summed E-state index contributed by atoms with van der Waals surface area (Å²) >= 11 is 0. The van der Waals surface area contributed by atoms with E-state index in [2.05, 4.69) is 26.8 Å². The van der Waals surface area contributed by atoms with Crippen molar-refractivity contribution in [2.24, 2.45) is 33.5 Å². The van der Waals surface area contributed by atoms with Crippen molar-refractivity contribution in [2.75, 3.05) is 0 Å². The number of hydrogen-bond donors (Lipinski definition) is 0. The van der Waals surface area contributed by atoms with Crippen molar-refractivity contribution in [3.63, 3.8) is 0 Å². The standard InChI is InChI=1S/C28H34O6/c1-16(29)33-22-13-19-25(2,3)21(30)8-11-26(19,4)18-7-10-27(5)20(28(18,22)6)14-23(31)34-24(27)17-9-12-32-15-17/h8-9,11-12,14-15,18-19,22,24H,7,10,13H2,1-6H3/t18?,19?,22-,24+,26-,27-,28-/m1/s1. The second-order valence-corrected chi connectivity index (χ2v) is 11.9. The van der Waals surface area contributed by atoms with Gasteiger partial charge in [0.1, 0.15) is 12.2 Å². The third-order valence-corrected chi connectivity index (χ3v) is 9.82. The lowest BCUT2D eigenvalue weighted by molar-refractivity contribution is -0.195. The zero-order valence-electron chi connectivity index (χ0n) is 20.8. The Bertz CT molecular complexity index is 1110. The minimum absolute atomic E-state index is 0.0186. The van der Waals surface area contributed by atoms with Gasteiger partial charge in [0.2, 0.25) is 0 Å². The number of fused-ring (bicyclic) bond motifs is 5. The fourth-order valence-electron chi connectivity index (χ4n) is 8.16. The topological polar surface area (TPSA) is 82.8 Å². The van der Waals surface area contributed by atoms with Gasteiger partial charge in [-0.15, -0.1) is 0 Å². The average molecular weight is 467 g/mol. The van der Waals surface area contributed by atoms with Gasteiger partial charge in [-0.25, -0.2) is 4.79 Å². The van der Waals surface area contributed by atoms with Gasteiger partial charge in [-0.3, -0.25) is 9.59 Å². The first-order chi connectivity index (χ1) is 15.8. The second kappa shape index (κ2) is 7.19. The van der Waals surface area contributed by atoms with Crippen molar-refractivity contribution in [3.8, 4) is 0 Å². The lowest BCUT2D eigenvalue weighted by Gasteiger charge is -2.67. The molecule has 1 aromatic rings. The molecule has 2 fully saturated rings. The van der Waals surface area contributed by atoms with Crippen molar-refractivity contribution in [3.05, 3.63) is 48.0 Å². The van der Waals surface area contributed by atoms with Crippen LogP contribution in [-0.2, 0) is 23.9 Å². The Labute approximate surface area is 200 Å². The number of cyclic esters (lactones) is 1. The highest BCUT2D eigenvalue weighted by Gasteiger charge is 2.69. The molecular formula is C28H34O6. The fraction of sp³-hybridized carbons (Fsp3) is 0.607. The maximum absolute atomic E-state index is 12.9. The molecule has 0 N–H and O–H groups in total. The summed E-state index contributed by atoms with van der Waals surface area (Å²) in [6.45, 7) is 12.0. The van der Waals surface area contributed by atoms with E-state index >= 15 is 0 Å². The molecule has 2 unspecified atom stereocenters. The van der Waals surface area contributed by atoms with Crippen LogP contribution < -0.4 is 0 Å². The Hall–Kier alpha value is -2.63. The SMILES string of the molecule is CC(=O)O[C@@H]1CC2C(C)(C)C(=O)C=C[C@]2(C)C2CC[C@]3(C)C(=CC(=O)O[C@H]3c3ccoc3)[C@@]21C. The molecule has 182 valence electrons. The molecule has 0 saturated heterocycles. The highest BCUT2D eigenvalue weighted by Crippen LogP contribution is 2.71. The molecular weight excluding hydrogens is 432 g/mol. The van der Waals surface area contributed by atoms with Gasteiger partial charge in [0, 0.05) is 34.8 Å². The van der Waals surface area contributed by atoms with Gasteiger partial charge in [-0.2, -0.15) is 0 Å². The lowest BCUT2D eigenvalue weighted by atomic mass is 9.38. The maximum Gasteiger partial charge on any atom is 0.331 e. The first-order valence-corrected chi connectivity index (χ1v) is 12.2. The zero-order chi connectivity index (χ0) is 24.7. The molecule has 0 radical (unpaired) electrons. The van der Waals surface area contributed by atoms with E-state index in [9.17, 15) is 14.4 Å². The fourth-order valence-corrected chi connectivity index (χ4v) is 8.16. The summed E-state index contributed by atoms with van der Waals surface area (Å²) in [7, 11) is 0. The first kappa shape index (κ1) is 23.1. The molecule has 6 nitrogen and oxygen atoms in total. The average Bonchev–Trinajstić information content (AvgIpc) is 3.28. The van der Waals surface area contributed by atoms with Crippen molar-refractivity contribution in [1.82, 2.24) is 0 Å². The summed E-state index contributed by atoms with van der Waals surface area (Å²) in [5.41, 5.74) is -0.0920. The van der Waals surface area contributed by atoms with Crippen LogP contribution in [0, 0.1) is 33.5 Å². The minimum atomic E-state index is -0.591. The van der Waals surface area contributed by atoms with Crippen LogP contribution in [0.4, 0.5) is 0 Å². The largest absolute Gasteiger partial charge is 0.472 e. The molecule has 1 aromatic heterocycles. The van der Waals surface area contributed by atoms with Crippen LogP contribution >= 0.6 is 0 Å². The highest BCUT2D eigenvalue weighted by molar-refractivity contribution is 5.96. The van der Waals surface area contributed by atoms with Crippen LogP contribution in [0.5, 0.6) is 0 Å². The number of ether oxygens (including phenoxy) is 2. The van der Waals surface area contributed by atoms with Gasteiger partial charge in [0.25, 0.3) is 0 Å². The number of furan rings is 1. The van der Waals surface area contributed by atoms with Crippen molar-refractivity contribution >= 4 is 17.7 Å². The molecule has 34 heavy (non-hydrogen) atoms. The van der Waals surface area contributed by atoms with E-state index in [-0.39, 0.29) is 35.0 Å². The molecule has 2 saturated carbocycles. The third-order valence-electron chi connectivity index (χ3n) is 9.82. The quantitative estimate of drug-likeness (QED) is 0.547. The molecule has 6 heteroatoms. The Morgan fingerprint density at radius 3 is 2.50 bits per heavy atom. The minimum Gasteiger partial charge on any atom is -0.472 e. The van der Waals surface area contributed by atoms with Crippen LogP contribution in [0.15, 0.2) is 46.8 Å². The molecule has 3 aliphatic carbocycles. The van der Waals surface area contributed by atoms with Crippen molar-refractivity contribution in [2.45, 2.75) is 73.0 Å². The summed E-state index contributed by atoms with van der Waals surface area (Å²) in [6, 6.07) is 1.85. The molecule has 0 spiro atoms. The monoisotopic (exact) mass is 466 g/mol. The number of hydrogen-bond acceptors (Lipinski definition) is 6. The van der Waals surface area contributed by atoms with Crippen LogP contribution in [0.2, 0.25) is 0 Å². The molecule has 0 amide bonds. The predicted octanol–water partition coefficient (Wildman–Crippen LogP) is 5.35. The maximum atomic E-state index is 12.9. The summed E-state index contributed by atoms with van der Waals surface area (Å²) in [5, 5.41) is 0. The Kier molecular flexibility index (Phi) is 4.89. The number of carbonyl (C=O) groups is 3. The van der Waals surface area contributed by atoms with Gasteiger partial charge in [0.15, 0.2) is 5.78 Å². The van der Waals surface area contributed by atoms with E-state index in [4.69, 9.17) is 13.9 Å². The molecule has 0 bridgehead atoms. The van der Waals surface area contributed by atoms with Gasteiger partial charge in [-0.1, -0.05) is 40.7 Å². The number of allylic oxidation sites excluding steroid dienone is 2. The zero-order valence-corrected chi connectivity index (χ0v) is 20.8. The van der Waals surface area contributed by atoms with Gasteiger partial charge in [-0.05, 0) is 54.2 Å². The smallest absolute Gasteiger partial charge is 0.331 e. The lowest BCUT2D eigenvalue weighted by Crippen LogP contribution is -2.65. The molecule has 2 heterocycles. The van der Waals surface area contributed by atoms with E-state index in [0.717, 1.165) is 24.0 Å². The molecule has 0 aromatic carbocycles. The Balaban J connectivity index is 1.70. The van der Waals surface area contributed by atoms with Crippen LogP contribution in [0.1, 0.15) is 72.5 Å². The van der Waals surface area contributed by atoms with E-state index in [1.165, 1.54) is 6.92 Å². The number of ketones is 1. The summed E-state index contributed by atoms with van der Waals surface area (Å²) < 4.78 is 17.3. The summed E-state index contributed by atoms with van der Waals surface area (Å²) in [4.78, 5) is 38.1. The Morgan fingerprint density at radius 2 is 1.85 bits per heavy atom. The molecule has 5 rings (SSSR count). The first-order valence-electron chi connectivity index (χ1n) is 12.2. The van der Waals surface area contributed by atoms with Gasteiger partial charge < -0.3 is 13.9 Å². The normalized spacial score (nSPS) is 42.6. The predicted molar refractivity (Wildman–Crippen MR) is 124 cm³/mol. The highest BCUT2D eigenvalue weighted by atomic mass is 16.6. The van der Waals surface area contributed by atoms with Crippen LogP contribution in [0.3, 0.4) is 0 Å². The summed E-state index contributed by atoms with van der Waals surface area (Å²) in [6.07, 6.45) is 10.0. The van der Waals surface area contributed by atoms with Crippen molar-refractivity contribution in [1.29, 1.82) is 0 Å². The number of carbonyl (C=O) groups excluding carboxylic acids is 3. The van der Waals surface area contributed by atoms with Crippen molar-refractivity contribution < 1.29 is 28.3 Å². The van der Waals surface area contributed by atoms with Crippen LogP contribution in [0.25, 0.3) is 0 Å².